The normalized spacial score (nSPS) is 12.8. The van der Waals surface area contributed by atoms with Crippen molar-refractivity contribution >= 4 is 26.7 Å². The molecule has 6 nitrogen and oxygen atoms in total. The lowest BCUT2D eigenvalue weighted by atomic mass is 10.2. The van der Waals surface area contributed by atoms with Crippen molar-refractivity contribution in [1.82, 2.24) is 10.0 Å². The maximum atomic E-state index is 12.2. The smallest absolute Gasteiger partial charge is 0.251 e. The predicted molar refractivity (Wildman–Crippen MR) is 102 cm³/mol. The molecule has 26 heavy (non-hydrogen) atoms. The van der Waals surface area contributed by atoms with Crippen LogP contribution >= 0.6 is 0 Å². The second-order valence-electron chi connectivity index (χ2n) is 5.90. The lowest BCUT2D eigenvalue weighted by Crippen LogP contribution is -2.23. The van der Waals surface area contributed by atoms with Gasteiger partial charge in [-0.25, -0.2) is 13.1 Å². The highest BCUT2D eigenvalue weighted by Gasteiger charge is 2.12. The molecule has 2 aromatic carbocycles. The third-order valence-electron chi connectivity index (χ3n) is 3.73. The molecule has 8 heteroatoms. The summed E-state index contributed by atoms with van der Waals surface area (Å²) >= 11 is 0. The fourth-order valence-corrected chi connectivity index (χ4v) is 3.88. The molecule has 0 bridgehead atoms. The van der Waals surface area contributed by atoms with Gasteiger partial charge in [-0.1, -0.05) is 26.0 Å². The van der Waals surface area contributed by atoms with E-state index in [4.69, 9.17) is 0 Å². The van der Waals surface area contributed by atoms with E-state index in [0.717, 1.165) is 5.56 Å². The topological polar surface area (TPSA) is 92.3 Å². The largest absolute Gasteiger partial charge is 0.348 e. The summed E-state index contributed by atoms with van der Waals surface area (Å²) in [5.74, 6) is -0.251. The number of carbonyl (C=O) groups excluding carboxylic acids is 1. The molecule has 2 aromatic rings. The molecular formula is C18H22N2O4S2. The number of hydrogen-bond acceptors (Lipinski definition) is 4. The zero-order chi connectivity index (χ0) is 19.3. The Morgan fingerprint density at radius 3 is 2.12 bits per heavy atom. The molecule has 0 aliphatic heterocycles. The Bertz CT molecular complexity index is 890. The van der Waals surface area contributed by atoms with E-state index in [9.17, 15) is 17.4 Å². The van der Waals surface area contributed by atoms with Gasteiger partial charge in [0.15, 0.2) is 0 Å². The fourth-order valence-electron chi connectivity index (χ4n) is 2.20. The van der Waals surface area contributed by atoms with Crippen LogP contribution in [0.3, 0.4) is 0 Å². The second kappa shape index (κ2) is 8.57. The molecule has 0 aromatic heterocycles. The molecule has 2 rings (SSSR count). The average Bonchev–Trinajstić information content (AvgIpc) is 2.65. The van der Waals surface area contributed by atoms with Gasteiger partial charge in [-0.2, -0.15) is 0 Å². The SMILES string of the molecule is CNS(=O)(=O)c1ccc(CNC(=O)c2ccc([S@@](=O)C(C)C)cc2)cc1. The van der Waals surface area contributed by atoms with Crippen molar-refractivity contribution < 1.29 is 17.4 Å². The highest BCUT2D eigenvalue weighted by atomic mass is 32.2. The zero-order valence-corrected chi connectivity index (χ0v) is 16.5. The molecule has 0 aliphatic rings. The Kier molecular flexibility index (Phi) is 6.69. The van der Waals surface area contributed by atoms with Crippen LogP contribution in [0.4, 0.5) is 0 Å². The van der Waals surface area contributed by atoms with Gasteiger partial charge in [0.1, 0.15) is 0 Å². The van der Waals surface area contributed by atoms with Crippen molar-refractivity contribution in [3.63, 3.8) is 0 Å². The second-order valence-corrected chi connectivity index (χ2v) is 9.80. The average molecular weight is 395 g/mol. The Hall–Kier alpha value is -2.03. The Morgan fingerprint density at radius 1 is 1.04 bits per heavy atom. The summed E-state index contributed by atoms with van der Waals surface area (Å²) in [4.78, 5) is 13.1. The Balaban J connectivity index is 1.99. The summed E-state index contributed by atoms with van der Waals surface area (Å²) in [6.45, 7) is 4.03. The van der Waals surface area contributed by atoms with Crippen molar-refractivity contribution in [3.05, 3.63) is 59.7 Å². The molecule has 0 radical (unpaired) electrons. The van der Waals surface area contributed by atoms with Gasteiger partial charge in [-0.05, 0) is 49.0 Å². The summed E-state index contributed by atoms with van der Waals surface area (Å²) in [5.41, 5.74) is 1.26. The van der Waals surface area contributed by atoms with Crippen LogP contribution in [0.25, 0.3) is 0 Å². The molecule has 2 N–H and O–H groups in total. The summed E-state index contributed by atoms with van der Waals surface area (Å²) in [5, 5.41) is 2.80. The van der Waals surface area contributed by atoms with Crippen LogP contribution in [-0.4, -0.2) is 30.8 Å². The van der Waals surface area contributed by atoms with Gasteiger partial charge >= 0.3 is 0 Å². The molecule has 0 unspecified atom stereocenters. The van der Waals surface area contributed by atoms with E-state index < -0.39 is 20.8 Å². The molecule has 0 fully saturated rings. The van der Waals surface area contributed by atoms with Crippen LogP contribution in [0.2, 0.25) is 0 Å². The number of benzene rings is 2. The highest BCUT2D eigenvalue weighted by molar-refractivity contribution is 7.89. The van der Waals surface area contributed by atoms with E-state index in [-0.39, 0.29) is 22.6 Å². The van der Waals surface area contributed by atoms with Crippen LogP contribution in [0, 0.1) is 0 Å². The van der Waals surface area contributed by atoms with Crippen molar-refractivity contribution in [3.8, 4) is 0 Å². The van der Waals surface area contributed by atoms with E-state index in [2.05, 4.69) is 10.0 Å². The minimum Gasteiger partial charge on any atom is -0.348 e. The predicted octanol–water partition coefficient (Wildman–Crippen LogP) is 2.04. The molecular weight excluding hydrogens is 372 g/mol. The monoisotopic (exact) mass is 394 g/mol. The number of carbonyl (C=O) groups is 1. The maximum Gasteiger partial charge on any atom is 0.251 e. The third kappa shape index (κ3) is 5.00. The van der Waals surface area contributed by atoms with Crippen LogP contribution in [-0.2, 0) is 27.4 Å². The van der Waals surface area contributed by atoms with Crippen LogP contribution in [0.15, 0.2) is 58.3 Å². The number of amides is 1. The summed E-state index contributed by atoms with van der Waals surface area (Å²) in [6, 6.07) is 13.0. The zero-order valence-electron chi connectivity index (χ0n) is 14.9. The van der Waals surface area contributed by atoms with Gasteiger partial charge in [0, 0.05) is 22.3 Å². The van der Waals surface area contributed by atoms with E-state index >= 15 is 0 Å². The number of rotatable bonds is 7. The molecule has 0 saturated carbocycles. The standard InChI is InChI=1S/C18H22N2O4S2/c1-13(2)25(22)16-8-6-15(7-9-16)18(21)20-12-14-4-10-17(11-5-14)26(23,24)19-3/h4-11,13,19H,12H2,1-3H3,(H,20,21)/t25-/m0/s1. The summed E-state index contributed by atoms with van der Waals surface area (Å²) < 4.78 is 37.6. The minimum absolute atomic E-state index is 0.0179. The number of nitrogens with one attached hydrogen (secondary N) is 2. The van der Waals surface area contributed by atoms with Crippen LogP contribution in [0.5, 0.6) is 0 Å². The van der Waals surface area contributed by atoms with E-state index in [0.29, 0.717) is 10.5 Å². The van der Waals surface area contributed by atoms with E-state index in [1.807, 2.05) is 13.8 Å². The molecule has 1 amide bonds. The van der Waals surface area contributed by atoms with Crippen molar-refractivity contribution in [1.29, 1.82) is 0 Å². The van der Waals surface area contributed by atoms with Gasteiger partial charge in [0.2, 0.25) is 10.0 Å². The van der Waals surface area contributed by atoms with E-state index in [1.165, 1.54) is 19.2 Å². The maximum absolute atomic E-state index is 12.2. The first-order valence-electron chi connectivity index (χ1n) is 8.06. The van der Waals surface area contributed by atoms with Gasteiger partial charge in [0.25, 0.3) is 5.91 Å². The van der Waals surface area contributed by atoms with Crippen LogP contribution in [0.1, 0.15) is 29.8 Å². The number of hydrogen-bond donors (Lipinski definition) is 2. The van der Waals surface area contributed by atoms with Crippen molar-refractivity contribution in [2.75, 3.05) is 7.05 Å². The first-order valence-corrected chi connectivity index (χ1v) is 10.8. The quantitative estimate of drug-likeness (QED) is 0.752. The lowest BCUT2D eigenvalue weighted by Gasteiger charge is -2.08. The summed E-state index contributed by atoms with van der Waals surface area (Å²) in [7, 11) is -3.20. The highest BCUT2D eigenvalue weighted by Crippen LogP contribution is 2.13. The summed E-state index contributed by atoms with van der Waals surface area (Å²) in [6.07, 6.45) is 0. The van der Waals surface area contributed by atoms with Gasteiger partial charge in [0.05, 0.1) is 15.7 Å². The molecule has 0 saturated heterocycles. The lowest BCUT2D eigenvalue weighted by molar-refractivity contribution is 0.0951. The fraction of sp³-hybridized carbons (Fsp3) is 0.278. The Morgan fingerprint density at radius 2 is 1.62 bits per heavy atom. The number of sulfonamides is 1. The third-order valence-corrected chi connectivity index (χ3v) is 6.76. The molecule has 0 spiro atoms. The van der Waals surface area contributed by atoms with Crippen molar-refractivity contribution in [2.24, 2.45) is 0 Å². The molecule has 1 atom stereocenters. The Labute approximate surface area is 156 Å². The first kappa shape index (κ1) is 20.3. The van der Waals surface area contributed by atoms with Crippen molar-refractivity contribution in [2.45, 2.75) is 35.4 Å². The van der Waals surface area contributed by atoms with E-state index in [1.54, 1.807) is 36.4 Å². The minimum atomic E-state index is -3.47. The molecule has 0 heterocycles. The van der Waals surface area contributed by atoms with Gasteiger partial charge in [-0.3, -0.25) is 9.00 Å². The van der Waals surface area contributed by atoms with Gasteiger partial charge < -0.3 is 5.32 Å². The first-order chi connectivity index (χ1) is 12.2. The molecule has 0 aliphatic carbocycles. The van der Waals surface area contributed by atoms with Gasteiger partial charge in [-0.15, -0.1) is 0 Å². The molecule has 140 valence electrons. The van der Waals surface area contributed by atoms with Crippen LogP contribution < -0.4 is 10.0 Å².